The third-order valence-electron chi connectivity index (χ3n) is 3.56. The minimum Gasteiger partial charge on any atom is -0.478 e. The van der Waals surface area contributed by atoms with Crippen LogP contribution >= 0.6 is 0 Å². The maximum absolute atomic E-state index is 5.48. The average molecular weight is 278 g/mol. The SMILES string of the molecule is CCOc1ccnc(N2CCCCC2CNC(C)C)n1. The number of aromatic nitrogens is 2. The van der Waals surface area contributed by atoms with Crippen molar-refractivity contribution in [2.24, 2.45) is 0 Å². The summed E-state index contributed by atoms with van der Waals surface area (Å²) in [6.07, 6.45) is 5.48. The molecule has 1 aromatic heterocycles. The second kappa shape index (κ2) is 7.43. The Morgan fingerprint density at radius 1 is 1.45 bits per heavy atom. The third kappa shape index (κ3) is 4.07. The van der Waals surface area contributed by atoms with Crippen LogP contribution in [0.15, 0.2) is 12.3 Å². The van der Waals surface area contributed by atoms with Crippen molar-refractivity contribution in [1.82, 2.24) is 15.3 Å². The van der Waals surface area contributed by atoms with E-state index in [1.54, 1.807) is 6.20 Å². The summed E-state index contributed by atoms with van der Waals surface area (Å²) >= 11 is 0. The summed E-state index contributed by atoms with van der Waals surface area (Å²) in [5.74, 6) is 1.46. The zero-order valence-electron chi connectivity index (χ0n) is 12.8. The molecule has 0 radical (unpaired) electrons. The fraction of sp³-hybridized carbons (Fsp3) is 0.733. The van der Waals surface area contributed by atoms with Gasteiger partial charge in [0.05, 0.1) is 6.61 Å². The summed E-state index contributed by atoms with van der Waals surface area (Å²) in [6.45, 7) is 8.98. The van der Waals surface area contributed by atoms with E-state index in [4.69, 9.17) is 4.74 Å². The smallest absolute Gasteiger partial charge is 0.228 e. The van der Waals surface area contributed by atoms with Gasteiger partial charge in [0.2, 0.25) is 11.8 Å². The van der Waals surface area contributed by atoms with E-state index in [2.05, 4.69) is 34.0 Å². The van der Waals surface area contributed by atoms with Crippen molar-refractivity contribution in [2.45, 2.75) is 52.1 Å². The molecule has 0 spiro atoms. The molecule has 1 atom stereocenters. The highest BCUT2D eigenvalue weighted by atomic mass is 16.5. The van der Waals surface area contributed by atoms with Crippen molar-refractivity contribution in [2.75, 3.05) is 24.6 Å². The van der Waals surface area contributed by atoms with Gasteiger partial charge in [0.15, 0.2) is 0 Å². The van der Waals surface area contributed by atoms with Crippen molar-refractivity contribution >= 4 is 5.95 Å². The molecule has 0 saturated carbocycles. The van der Waals surface area contributed by atoms with Gasteiger partial charge in [0, 0.05) is 37.4 Å². The molecule has 1 saturated heterocycles. The molecular formula is C15H26N4O. The van der Waals surface area contributed by atoms with E-state index in [0.29, 0.717) is 24.6 Å². The molecule has 2 heterocycles. The van der Waals surface area contributed by atoms with E-state index in [1.165, 1.54) is 19.3 Å². The minimum absolute atomic E-state index is 0.475. The summed E-state index contributed by atoms with van der Waals surface area (Å²) in [7, 11) is 0. The molecule has 1 aromatic rings. The Bertz CT molecular complexity index is 411. The molecule has 0 bridgehead atoms. The van der Waals surface area contributed by atoms with Crippen molar-refractivity contribution < 1.29 is 4.74 Å². The second-order valence-electron chi connectivity index (χ2n) is 5.53. The van der Waals surface area contributed by atoms with Gasteiger partial charge in [-0.05, 0) is 26.2 Å². The first-order valence-corrected chi connectivity index (χ1v) is 7.66. The van der Waals surface area contributed by atoms with Crippen molar-refractivity contribution in [1.29, 1.82) is 0 Å². The Labute approximate surface area is 121 Å². The topological polar surface area (TPSA) is 50.3 Å². The lowest BCUT2D eigenvalue weighted by atomic mass is 10.0. The molecule has 5 nitrogen and oxygen atoms in total. The Morgan fingerprint density at radius 3 is 3.05 bits per heavy atom. The zero-order valence-corrected chi connectivity index (χ0v) is 12.8. The molecule has 0 aromatic carbocycles. The number of piperidine rings is 1. The number of nitrogens with one attached hydrogen (secondary N) is 1. The quantitative estimate of drug-likeness (QED) is 0.865. The summed E-state index contributed by atoms with van der Waals surface area (Å²) in [5, 5.41) is 3.53. The molecule has 0 amide bonds. The molecule has 112 valence electrons. The summed E-state index contributed by atoms with van der Waals surface area (Å²) in [6, 6.07) is 2.80. The summed E-state index contributed by atoms with van der Waals surface area (Å²) < 4.78 is 5.48. The second-order valence-corrected chi connectivity index (χ2v) is 5.53. The lowest BCUT2D eigenvalue weighted by Crippen LogP contribution is -2.47. The van der Waals surface area contributed by atoms with Crippen LogP contribution < -0.4 is 15.0 Å². The molecule has 1 N–H and O–H groups in total. The normalized spacial score (nSPS) is 19.4. The number of ether oxygens (including phenoxy) is 1. The van der Waals surface area contributed by atoms with Gasteiger partial charge in [-0.15, -0.1) is 0 Å². The van der Waals surface area contributed by atoms with Gasteiger partial charge >= 0.3 is 0 Å². The Morgan fingerprint density at radius 2 is 2.30 bits per heavy atom. The van der Waals surface area contributed by atoms with Gasteiger partial charge in [-0.2, -0.15) is 4.98 Å². The van der Waals surface area contributed by atoms with Crippen LogP contribution in [0.2, 0.25) is 0 Å². The minimum atomic E-state index is 0.475. The van der Waals surface area contributed by atoms with E-state index in [9.17, 15) is 0 Å². The standard InChI is InChI=1S/C15H26N4O/c1-4-20-14-8-9-16-15(18-14)19-10-6-5-7-13(19)11-17-12(2)3/h8-9,12-13,17H,4-7,10-11H2,1-3H3. The maximum Gasteiger partial charge on any atom is 0.228 e. The van der Waals surface area contributed by atoms with Gasteiger partial charge in [0.25, 0.3) is 0 Å². The number of nitrogens with zero attached hydrogens (tertiary/aromatic N) is 3. The van der Waals surface area contributed by atoms with Gasteiger partial charge in [-0.3, -0.25) is 0 Å². The predicted molar refractivity (Wildman–Crippen MR) is 81.3 cm³/mol. The van der Waals surface area contributed by atoms with Crippen molar-refractivity contribution in [3.05, 3.63) is 12.3 Å². The number of hydrogen-bond acceptors (Lipinski definition) is 5. The lowest BCUT2D eigenvalue weighted by Gasteiger charge is -2.36. The monoisotopic (exact) mass is 278 g/mol. The van der Waals surface area contributed by atoms with E-state index in [1.807, 2.05) is 13.0 Å². The number of anilines is 1. The molecular weight excluding hydrogens is 252 g/mol. The molecule has 5 heteroatoms. The van der Waals surface area contributed by atoms with Gasteiger partial charge in [-0.1, -0.05) is 13.8 Å². The highest BCUT2D eigenvalue weighted by Gasteiger charge is 2.24. The van der Waals surface area contributed by atoms with Crippen LogP contribution in [0.25, 0.3) is 0 Å². The van der Waals surface area contributed by atoms with Crippen LogP contribution in [0, 0.1) is 0 Å². The van der Waals surface area contributed by atoms with Crippen LogP contribution in [0.3, 0.4) is 0 Å². The fourth-order valence-corrected chi connectivity index (χ4v) is 2.55. The molecule has 1 unspecified atom stereocenters. The summed E-state index contributed by atoms with van der Waals surface area (Å²) in [4.78, 5) is 11.3. The predicted octanol–water partition coefficient (Wildman–Crippen LogP) is 2.23. The first-order valence-electron chi connectivity index (χ1n) is 7.66. The largest absolute Gasteiger partial charge is 0.478 e. The van der Waals surface area contributed by atoms with Crippen LogP contribution in [0.4, 0.5) is 5.95 Å². The van der Waals surface area contributed by atoms with Crippen LogP contribution in [0.5, 0.6) is 5.88 Å². The molecule has 20 heavy (non-hydrogen) atoms. The van der Waals surface area contributed by atoms with Crippen molar-refractivity contribution in [3.63, 3.8) is 0 Å². The number of rotatable bonds is 6. The fourth-order valence-electron chi connectivity index (χ4n) is 2.55. The van der Waals surface area contributed by atoms with E-state index in [0.717, 1.165) is 19.0 Å². The van der Waals surface area contributed by atoms with E-state index in [-0.39, 0.29) is 0 Å². The first kappa shape index (κ1) is 15.0. The first-order chi connectivity index (χ1) is 9.70. The highest BCUT2D eigenvalue weighted by molar-refractivity contribution is 5.34. The molecule has 1 aliphatic heterocycles. The maximum atomic E-state index is 5.48. The Balaban J connectivity index is 2.08. The Kier molecular flexibility index (Phi) is 5.59. The Hall–Kier alpha value is -1.36. The number of hydrogen-bond donors (Lipinski definition) is 1. The van der Waals surface area contributed by atoms with Crippen LogP contribution in [-0.4, -0.2) is 41.7 Å². The van der Waals surface area contributed by atoms with Gasteiger partial charge < -0.3 is 15.0 Å². The molecule has 1 fully saturated rings. The highest BCUT2D eigenvalue weighted by Crippen LogP contribution is 2.22. The average Bonchev–Trinajstić information content (AvgIpc) is 2.46. The lowest BCUT2D eigenvalue weighted by molar-refractivity contribution is 0.325. The molecule has 0 aliphatic carbocycles. The van der Waals surface area contributed by atoms with Crippen LogP contribution in [-0.2, 0) is 0 Å². The zero-order chi connectivity index (χ0) is 14.4. The van der Waals surface area contributed by atoms with Gasteiger partial charge in [-0.25, -0.2) is 4.98 Å². The van der Waals surface area contributed by atoms with Crippen molar-refractivity contribution in [3.8, 4) is 5.88 Å². The summed E-state index contributed by atoms with van der Waals surface area (Å²) in [5.41, 5.74) is 0. The molecule has 2 rings (SSSR count). The van der Waals surface area contributed by atoms with E-state index >= 15 is 0 Å². The third-order valence-corrected chi connectivity index (χ3v) is 3.56. The van der Waals surface area contributed by atoms with E-state index < -0.39 is 0 Å². The molecule has 1 aliphatic rings. The van der Waals surface area contributed by atoms with Gasteiger partial charge in [0.1, 0.15) is 0 Å². The van der Waals surface area contributed by atoms with Crippen LogP contribution in [0.1, 0.15) is 40.0 Å².